The van der Waals surface area contributed by atoms with Crippen LogP contribution < -0.4 is 5.73 Å². The molecule has 1 atom stereocenters. The first-order valence-corrected chi connectivity index (χ1v) is 5.13. The van der Waals surface area contributed by atoms with Gasteiger partial charge < -0.3 is 15.6 Å². The summed E-state index contributed by atoms with van der Waals surface area (Å²) in [6.07, 6.45) is 0. The summed E-state index contributed by atoms with van der Waals surface area (Å²) < 4.78 is 17.8. The molecule has 0 aromatic heterocycles. The number of hydrogen-bond acceptors (Lipinski definition) is 4. The van der Waals surface area contributed by atoms with E-state index in [1.807, 2.05) is 0 Å². The molecule has 1 rings (SSSR count). The SMILES string of the molecule is COC(=O)C(C)(C)[C@@H](N)c1ccc(O)c(F)c1.Cl. The number of phenols is 1. The van der Waals surface area contributed by atoms with Crippen molar-refractivity contribution in [1.82, 2.24) is 0 Å². The first kappa shape index (κ1) is 16.7. The minimum absolute atomic E-state index is 0. The normalized spacial score (nSPS) is 12.5. The number of esters is 1. The van der Waals surface area contributed by atoms with Crippen LogP contribution in [0.3, 0.4) is 0 Å². The summed E-state index contributed by atoms with van der Waals surface area (Å²) in [6, 6.07) is 3.08. The van der Waals surface area contributed by atoms with E-state index in [4.69, 9.17) is 10.8 Å². The van der Waals surface area contributed by atoms with Gasteiger partial charge in [-0.3, -0.25) is 4.79 Å². The highest BCUT2D eigenvalue weighted by Gasteiger charge is 2.36. The second kappa shape index (κ2) is 6.02. The maximum absolute atomic E-state index is 13.2. The third-order valence-corrected chi connectivity index (χ3v) is 2.82. The molecule has 0 spiro atoms. The summed E-state index contributed by atoms with van der Waals surface area (Å²) in [5.41, 5.74) is 5.37. The van der Waals surface area contributed by atoms with E-state index in [9.17, 15) is 9.18 Å². The predicted octanol–water partition coefficient (Wildman–Crippen LogP) is 2.15. The molecule has 0 saturated heterocycles. The fraction of sp³-hybridized carbons (Fsp3) is 0.417. The van der Waals surface area contributed by atoms with Gasteiger partial charge >= 0.3 is 5.97 Å². The topological polar surface area (TPSA) is 72.5 Å². The van der Waals surface area contributed by atoms with Crippen molar-refractivity contribution >= 4 is 18.4 Å². The number of methoxy groups -OCH3 is 1. The van der Waals surface area contributed by atoms with Gasteiger partial charge in [-0.2, -0.15) is 0 Å². The number of hydrogen-bond donors (Lipinski definition) is 2. The number of benzene rings is 1. The monoisotopic (exact) mass is 277 g/mol. The van der Waals surface area contributed by atoms with Crippen LogP contribution in [0.25, 0.3) is 0 Å². The third-order valence-electron chi connectivity index (χ3n) is 2.82. The first-order chi connectivity index (χ1) is 7.80. The minimum atomic E-state index is -0.974. The van der Waals surface area contributed by atoms with Crippen LogP contribution in [-0.2, 0) is 9.53 Å². The summed E-state index contributed by atoms with van der Waals surface area (Å²) in [6.45, 7) is 3.24. The van der Waals surface area contributed by atoms with Gasteiger partial charge in [-0.05, 0) is 31.5 Å². The van der Waals surface area contributed by atoms with Gasteiger partial charge in [0.15, 0.2) is 11.6 Å². The van der Waals surface area contributed by atoms with E-state index in [1.54, 1.807) is 13.8 Å². The molecule has 102 valence electrons. The molecule has 0 amide bonds. The molecule has 4 nitrogen and oxygen atoms in total. The summed E-state index contributed by atoms with van der Waals surface area (Å²) in [5, 5.41) is 9.08. The maximum Gasteiger partial charge on any atom is 0.313 e. The van der Waals surface area contributed by atoms with Crippen LogP contribution in [0.5, 0.6) is 5.75 Å². The fourth-order valence-electron chi connectivity index (χ4n) is 1.52. The van der Waals surface area contributed by atoms with Gasteiger partial charge in [0.1, 0.15) is 0 Å². The molecule has 0 heterocycles. The van der Waals surface area contributed by atoms with E-state index in [0.717, 1.165) is 6.07 Å². The number of halogens is 2. The molecule has 0 aliphatic heterocycles. The van der Waals surface area contributed by atoms with Gasteiger partial charge in [0.25, 0.3) is 0 Å². The lowest BCUT2D eigenvalue weighted by Gasteiger charge is -2.28. The summed E-state index contributed by atoms with van der Waals surface area (Å²) in [7, 11) is 1.27. The zero-order valence-electron chi connectivity index (χ0n) is 10.4. The average Bonchev–Trinajstić information content (AvgIpc) is 2.30. The van der Waals surface area contributed by atoms with Crippen molar-refractivity contribution in [3.05, 3.63) is 29.6 Å². The van der Waals surface area contributed by atoms with E-state index in [1.165, 1.54) is 19.2 Å². The molecule has 0 radical (unpaired) electrons. The molecule has 0 aliphatic rings. The lowest BCUT2D eigenvalue weighted by molar-refractivity contribution is -0.152. The smallest absolute Gasteiger partial charge is 0.313 e. The van der Waals surface area contributed by atoms with Gasteiger partial charge in [-0.25, -0.2) is 4.39 Å². The number of carbonyl (C=O) groups excluding carboxylic acids is 1. The Morgan fingerprint density at radius 2 is 2.06 bits per heavy atom. The first-order valence-electron chi connectivity index (χ1n) is 5.13. The lowest BCUT2D eigenvalue weighted by Crippen LogP contribution is -2.37. The number of ether oxygens (including phenoxy) is 1. The van der Waals surface area contributed by atoms with Crippen molar-refractivity contribution in [1.29, 1.82) is 0 Å². The molecule has 0 saturated carbocycles. The second-order valence-corrected chi connectivity index (χ2v) is 4.40. The van der Waals surface area contributed by atoms with E-state index in [0.29, 0.717) is 5.56 Å². The zero-order chi connectivity index (χ0) is 13.2. The van der Waals surface area contributed by atoms with Gasteiger partial charge in [0.2, 0.25) is 0 Å². The van der Waals surface area contributed by atoms with Gasteiger partial charge in [0, 0.05) is 6.04 Å². The zero-order valence-corrected chi connectivity index (χ0v) is 11.3. The fourth-order valence-corrected chi connectivity index (χ4v) is 1.52. The number of phenolic OH excluding ortho intramolecular Hbond substituents is 1. The molecule has 1 aromatic carbocycles. The molecular weight excluding hydrogens is 261 g/mol. The molecule has 18 heavy (non-hydrogen) atoms. The Hall–Kier alpha value is -1.33. The van der Waals surface area contributed by atoms with Crippen LogP contribution >= 0.6 is 12.4 Å². The van der Waals surface area contributed by atoms with E-state index < -0.39 is 29.0 Å². The van der Waals surface area contributed by atoms with Crippen LogP contribution in [0.15, 0.2) is 18.2 Å². The maximum atomic E-state index is 13.2. The van der Waals surface area contributed by atoms with Crippen molar-refractivity contribution in [3.8, 4) is 5.75 Å². The molecule has 1 aromatic rings. The summed E-state index contributed by atoms with van der Waals surface area (Å²) in [4.78, 5) is 11.6. The van der Waals surface area contributed by atoms with Crippen LogP contribution in [-0.4, -0.2) is 18.2 Å². The Bertz CT molecular complexity index is 437. The third kappa shape index (κ3) is 3.11. The largest absolute Gasteiger partial charge is 0.505 e. The van der Waals surface area contributed by atoms with Crippen molar-refractivity contribution in [2.45, 2.75) is 19.9 Å². The average molecular weight is 278 g/mol. The summed E-state index contributed by atoms with van der Waals surface area (Å²) in [5.74, 6) is -1.69. The van der Waals surface area contributed by atoms with Gasteiger partial charge in [-0.15, -0.1) is 12.4 Å². The number of rotatable bonds is 3. The molecule has 6 heteroatoms. The highest BCUT2D eigenvalue weighted by molar-refractivity contribution is 5.85. The Kier molecular flexibility index (Phi) is 5.57. The Balaban J connectivity index is 0.00000289. The van der Waals surface area contributed by atoms with Crippen LogP contribution in [0.1, 0.15) is 25.5 Å². The number of carbonyl (C=O) groups is 1. The van der Waals surface area contributed by atoms with E-state index in [2.05, 4.69) is 4.74 Å². The van der Waals surface area contributed by atoms with E-state index in [-0.39, 0.29) is 12.4 Å². The summed E-state index contributed by atoms with van der Waals surface area (Å²) >= 11 is 0. The number of aromatic hydroxyl groups is 1. The second-order valence-electron chi connectivity index (χ2n) is 4.40. The minimum Gasteiger partial charge on any atom is -0.505 e. The van der Waals surface area contributed by atoms with Gasteiger partial charge in [-0.1, -0.05) is 6.07 Å². The highest BCUT2D eigenvalue weighted by atomic mass is 35.5. The number of nitrogens with two attached hydrogens (primary N) is 1. The van der Waals surface area contributed by atoms with Crippen LogP contribution in [0, 0.1) is 11.2 Å². The van der Waals surface area contributed by atoms with Crippen molar-refractivity contribution in [2.24, 2.45) is 11.1 Å². The van der Waals surface area contributed by atoms with Gasteiger partial charge in [0.05, 0.1) is 12.5 Å². The standard InChI is InChI=1S/C12H16FNO3.ClH/c1-12(2,11(16)17-3)10(14)7-4-5-9(15)8(13)6-7;/h4-6,10,15H,14H2,1-3H3;1H/t10-;/m0./s1. The Morgan fingerprint density at radius 1 is 1.50 bits per heavy atom. The highest BCUT2D eigenvalue weighted by Crippen LogP contribution is 2.33. The molecular formula is C12H17ClFNO3. The molecule has 0 aliphatic carbocycles. The van der Waals surface area contributed by atoms with E-state index >= 15 is 0 Å². The lowest BCUT2D eigenvalue weighted by atomic mass is 9.81. The Labute approximate surface area is 111 Å². The van der Waals surface area contributed by atoms with Crippen LogP contribution in [0.4, 0.5) is 4.39 Å². The van der Waals surface area contributed by atoms with Crippen molar-refractivity contribution < 1.29 is 19.0 Å². The van der Waals surface area contributed by atoms with Crippen molar-refractivity contribution in [3.63, 3.8) is 0 Å². The molecule has 3 N–H and O–H groups in total. The van der Waals surface area contributed by atoms with Crippen LogP contribution in [0.2, 0.25) is 0 Å². The van der Waals surface area contributed by atoms with Crippen molar-refractivity contribution in [2.75, 3.05) is 7.11 Å². The molecule has 0 bridgehead atoms. The Morgan fingerprint density at radius 3 is 2.50 bits per heavy atom. The predicted molar refractivity (Wildman–Crippen MR) is 68.0 cm³/mol. The molecule has 0 unspecified atom stereocenters. The quantitative estimate of drug-likeness (QED) is 0.831. The molecule has 0 fully saturated rings.